The summed E-state index contributed by atoms with van der Waals surface area (Å²) < 4.78 is 0. The third kappa shape index (κ3) is 4.03. The minimum Gasteiger partial charge on any atom is -0.360 e. The summed E-state index contributed by atoms with van der Waals surface area (Å²) in [6.45, 7) is 12.0. The highest BCUT2D eigenvalue weighted by Crippen LogP contribution is 2.27. The van der Waals surface area contributed by atoms with Crippen LogP contribution in [-0.2, 0) is 0 Å². The molecule has 1 aliphatic heterocycles. The minimum atomic E-state index is 0.132. The fourth-order valence-corrected chi connectivity index (χ4v) is 2.19. The second-order valence-electron chi connectivity index (χ2n) is 5.45. The molecule has 0 aromatic heterocycles. The van der Waals surface area contributed by atoms with Crippen molar-refractivity contribution in [3.63, 3.8) is 0 Å². The zero-order valence-electron chi connectivity index (χ0n) is 9.27. The van der Waals surface area contributed by atoms with Gasteiger partial charge in [0.25, 0.3) is 0 Å². The third-order valence-corrected chi connectivity index (χ3v) is 3.16. The first kappa shape index (κ1) is 10.9. The van der Waals surface area contributed by atoms with Crippen molar-refractivity contribution in [2.75, 3.05) is 12.3 Å². The van der Waals surface area contributed by atoms with E-state index in [4.69, 9.17) is 0 Å². The van der Waals surface area contributed by atoms with Crippen LogP contribution in [0.3, 0.4) is 0 Å². The molecule has 1 heterocycles. The summed E-state index contributed by atoms with van der Waals surface area (Å²) in [5, 5.41) is 4.51. The van der Waals surface area contributed by atoms with Gasteiger partial charge >= 0.3 is 0 Å². The summed E-state index contributed by atoms with van der Waals surface area (Å²) in [7, 11) is 0. The molecule has 3 heteroatoms. The molecule has 0 aromatic carbocycles. The van der Waals surface area contributed by atoms with Crippen molar-refractivity contribution in [1.82, 2.24) is 5.32 Å². The Kier molecular flexibility index (Phi) is 2.95. The highest BCUT2D eigenvalue weighted by atomic mass is 32.2. The Labute approximate surface area is 85.6 Å². The van der Waals surface area contributed by atoms with Crippen molar-refractivity contribution in [3.8, 4) is 0 Å². The molecule has 0 spiro atoms. The van der Waals surface area contributed by atoms with E-state index in [0.717, 1.165) is 17.5 Å². The van der Waals surface area contributed by atoms with E-state index in [2.05, 4.69) is 44.9 Å². The number of aliphatic imine (C=N–C) groups is 1. The molecule has 1 N–H and O–H groups in total. The first-order valence-electron chi connectivity index (χ1n) is 4.74. The monoisotopic (exact) mass is 200 g/mol. The van der Waals surface area contributed by atoms with Crippen molar-refractivity contribution in [1.29, 1.82) is 0 Å². The van der Waals surface area contributed by atoms with E-state index < -0.39 is 0 Å². The van der Waals surface area contributed by atoms with E-state index in [1.54, 1.807) is 0 Å². The molecule has 0 saturated carbocycles. The van der Waals surface area contributed by atoms with Gasteiger partial charge < -0.3 is 5.32 Å². The molecule has 0 bridgehead atoms. The summed E-state index contributed by atoms with van der Waals surface area (Å²) in [4.78, 5) is 4.54. The Morgan fingerprint density at radius 1 is 1.38 bits per heavy atom. The van der Waals surface area contributed by atoms with Crippen LogP contribution in [-0.4, -0.2) is 23.0 Å². The lowest BCUT2D eigenvalue weighted by Crippen LogP contribution is -2.42. The lowest BCUT2D eigenvalue weighted by atomic mass is 9.97. The van der Waals surface area contributed by atoms with Crippen LogP contribution in [0.4, 0.5) is 0 Å². The van der Waals surface area contributed by atoms with Crippen molar-refractivity contribution in [3.05, 3.63) is 0 Å². The molecule has 0 unspecified atom stereocenters. The van der Waals surface area contributed by atoms with Crippen molar-refractivity contribution in [2.45, 2.75) is 40.2 Å². The lowest BCUT2D eigenvalue weighted by molar-refractivity contribution is 0.433. The molecule has 0 aliphatic carbocycles. The fraction of sp³-hybridized carbons (Fsp3) is 0.900. The van der Waals surface area contributed by atoms with Gasteiger partial charge in [-0.1, -0.05) is 25.6 Å². The minimum absolute atomic E-state index is 0.132. The number of amidine groups is 1. The van der Waals surface area contributed by atoms with Gasteiger partial charge in [0.1, 0.15) is 0 Å². The van der Waals surface area contributed by atoms with Crippen LogP contribution < -0.4 is 5.32 Å². The van der Waals surface area contributed by atoms with Crippen molar-refractivity contribution >= 4 is 16.9 Å². The molecule has 2 nitrogen and oxygen atoms in total. The smallest absolute Gasteiger partial charge is 0.156 e. The SMILES string of the molecule is CC1(C)CN=C(NC(C)(C)C)SC1. The zero-order chi connectivity index (χ0) is 10.1. The predicted molar refractivity (Wildman–Crippen MR) is 61.4 cm³/mol. The van der Waals surface area contributed by atoms with Gasteiger partial charge in [-0.25, -0.2) is 0 Å². The maximum atomic E-state index is 4.54. The highest BCUT2D eigenvalue weighted by Gasteiger charge is 2.24. The molecule has 0 atom stereocenters. The Hall–Kier alpha value is -0.180. The van der Waals surface area contributed by atoms with Gasteiger partial charge in [-0.2, -0.15) is 0 Å². The summed E-state index contributed by atoms with van der Waals surface area (Å²) in [6.07, 6.45) is 0. The summed E-state index contributed by atoms with van der Waals surface area (Å²) in [5.74, 6) is 1.16. The molecule has 1 aliphatic rings. The van der Waals surface area contributed by atoms with Crippen LogP contribution >= 0.6 is 11.8 Å². The van der Waals surface area contributed by atoms with Gasteiger partial charge in [-0.3, -0.25) is 4.99 Å². The number of thioether (sulfide) groups is 1. The van der Waals surface area contributed by atoms with Crippen LogP contribution in [0.2, 0.25) is 0 Å². The molecule has 1 rings (SSSR count). The van der Waals surface area contributed by atoms with E-state index in [9.17, 15) is 0 Å². The molecular formula is C10H20N2S. The van der Waals surface area contributed by atoms with E-state index >= 15 is 0 Å². The van der Waals surface area contributed by atoms with Crippen LogP contribution in [0.15, 0.2) is 4.99 Å². The Morgan fingerprint density at radius 2 is 2.00 bits per heavy atom. The van der Waals surface area contributed by atoms with E-state index in [0.29, 0.717) is 5.41 Å². The molecule has 0 saturated heterocycles. The highest BCUT2D eigenvalue weighted by molar-refractivity contribution is 8.13. The maximum absolute atomic E-state index is 4.54. The average Bonchev–Trinajstić information content (AvgIpc) is 1.91. The number of hydrogen-bond donors (Lipinski definition) is 1. The first-order valence-corrected chi connectivity index (χ1v) is 5.73. The molecule has 0 aromatic rings. The van der Waals surface area contributed by atoms with Gasteiger partial charge in [0.15, 0.2) is 5.17 Å². The molecule has 76 valence electrons. The van der Waals surface area contributed by atoms with E-state index in [1.165, 1.54) is 0 Å². The van der Waals surface area contributed by atoms with Gasteiger partial charge in [0.2, 0.25) is 0 Å². The van der Waals surface area contributed by atoms with Gasteiger partial charge in [-0.05, 0) is 26.2 Å². The van der Waals surface area contributed by atoms with Crippen LogP contribution in [0.1, 0.15) is 34.6 Å². The zero-order valence-corrected chi connectivity index (χ0v) is 10.1. The second-order valence-corrected chi connectivity index (χ2v) is 6.41. The maximum Gasteiger partial charge on any atom is 0.156 e. The third-order valence-electron chi connectivity index (χ3n) is 1.73. The Balaban J connectivity index is 2.52. The van der Waals surface area contributed by atoms with Crippen LogP contribution in [0.25, 0.3) is 0 Å². The summed E-state index contributed by atoms with van der Waals surface area (Å²) in [5.41, 5.74) is 0.501. The number of nitrogens with one attached hydrogen (secondary N) is 1. The standard InChI is InChI=1S/C10H20N2S/c1-9(2,3)12-8-11-6-10(4,5)7-13-8/h6-7H2,1-5H3,(H,11,12). The van der Waals surface area contributed by atoms with E-state index in [-0.39, 0.29) is 5.54 Å². The second kappa shape index (κ2) is 3.52. The molecule has 0 fully saturated rings. The summed E-state index contributed by atoms with van der Waals surface area (Å²) in [6, 6.07) is 0. The van der Waals surface area contributed by atoms with Crippen molar-refractivity contribution in [2.24, 2.45) is 10.4 Å². The topological polar surface area (TPSA) is 24.4 Å². The molecule has 0 amide bonds. The normalized spacial score (nSPS) is 22.4. The van der Waals surface area contributed by atoms with Crippen LogP contribution in [0.5, 0.6) is 0 Å². The van der Waals surface area contributed by atoms with Gasteiger partial charge in [-0.15, -0.1) is 0 Å². The first-order chi connectivity index (χ1) is 5.79. The molecular weight excluding hydrogens is 180 g/mol. The number of hydrogen-bond acceptors (Lipinski definition) is 3. The fourth-order valence-electron chi connectivity index (χ4n) is 1.04. The van der Waals surface area contributed by atoms with Crippen molar-refractivity contribution < 1.29 is 0 Å². The lowest BCUT2D eigenvalue weighted by Gasteiger charge is -2.30. The Bertz CT molecular complexity index is 213. The average molecular weight is 200 g/mol. The quantitative estimate of drug-likeness (QED) is 0.650. The molecule has 13 heavy (non-hydrogen) atoms. The number of nitrogens with zero attached hydrogens (tertiary/aromatic N) is 1. The van der Waals surface area contributed by atoms with Gasteiger partial charge in [0, 0.05) is 17.8 Å². The predicted octanol–water partition coefficient (Wildman–Crippen LogP) is 2.50. The largest absolute Gasteiger partial charge is 0.360 e. The summed E-state index contributed by atoms with van der Waals surface area (Å²) >= 11 is 1.84. The van der Waals surface area contributed by atoms with E-state index in [1.807, 2.05) is 11.8 Å². The molecule has 0 radical (unpaired) electrons. The van der Waals surface area contributed by atoms with Crippen LogP contribution in [0, 0.1) is 5.41 Å². The number of rotatable bonds is 0. The Morgan fingerprint density at radius 3 is 2.38 bits per heavy atom. The van der Waals surface area contributed by atoms with Gasteiger partial charge in [0.05, 0.1) is 0 Å².